The van der Waals surface area contributed by atoms with Crippen LogP contribution in [0, 0.1) is 0 Å². The van der Waals surface area contributed by atoms with Crippen molar-refractivity contribution in [3.05, 3.63) is 36.8 Å². The van der Waals surface area contributed by atoms with Crippen LogP contribution in [-0.2, 0) is 0 Å². The van der Waals surface area contributed by atoms with E-state index in [-0.39, 0.29) is 0 Å². The summed E-state index contributed by atoms with van der Waals surface area (Å²) in [5, 5.41) is 0. The minimum absolute atomic E-state index is 0.482. The Balaban J connectivity index is 2.42. The SMILES string of the molecule is COc1ccc(-c2cncnc2N)cc1. The molecule has 0 unspecified atom stereocenters. The molecule has 2 aromatic rings. The molecule has 0 bridgehead atoms. The number of anilines is 1. The zero-order valence-electron chi connectivity index (χ0n) is 8.34. The van der Waals surface area contributed by atoms with E-state index in [4.69, 9.17) is 10.5 Å². The summed E-state index contributed by atoms with van der Waals surface area (Å²) in [4.78, 5) is 7.88. The third kappa shape index (κ3) is 1.88. The zero-order valence-corrected chi connectivity index (χ0v) is 8.34. The summed E-state index contributed by atoms with van der Waals surface area (Å²) in [6, 6.07) is 7.60. The Hall–Kier alpha value is -2.10. The van der Waals surface area contributed by atoms with Crippen molar-refractivity contribution in [2.45, 2.75) is 0 Å². The maximum atomic E-state index is 5.74. The number of nitrogens with zero attached hydrogens (tertiary/aromatic N) is 2. The second-order valence-corrected chi connectivity index (χ2v) is 3.05. The lowest BCUT2D eigenvalue weighted by Gasteiger charge is -2.04. The molecule has 0 saturated carbocycles. The van der Waals surface area contributed by atoms with Crippen molar-refractivity contribution in [2.75, 3.05) is 12.8 Å². The summed E-state index contributed by atoms with van der Waals surface area (Å²) in [6.45, 7) is 0. The summed E-state index contributed by atoms with van der Waals surface area (Å²) in [7, 11) is 1.63. The molecule has 76 valence electrons. The lowest BCUT2D eigenvalue weighted by atomic mass is 10.1. The van der Waals surface area contributed by atoms with Crippen molar-refractivity contribution in [1.29, 1.82) is 0 Å². The standard InChI is InChI=1S/C11H11N3O/c1-15-9-4-2-8(3-5-9)10-6-13-7-14-11(10)12/h2-7H,1H3,(H2,12,13,14). The maximum Gasteiger partial charge on any atom is 0.134 e. The number of methoxy groups -OCH3 is 1. The van der Waals surface area contributed by atoms with Gasteiger partial charge < -0.3 is 10.5 Å². The first kappa shape index (κ1) is 9.45. The second-order valence-electron chi connectivity index (χ2n) is 3.05. The van der Waals surface area contributed by atoms with E-state index in [1.165, 1.54) is 6.33 Å². The van der Waals surface area contributed by atoms with Crippen molar-refractivity contribution < 1.29 is 4.74 Å². The number of hydrogen-bond donors (Lipinski definition) is 1. The molecule has 1 aromatic carbocycles. The molecule has 0 fully saturated rings. The van der Waals surface area contributed by atoms with E-state index in [1.807, 2.05) is 24.3 Å². The van der Waals surface area contributed by atoms with Crippen molar-refractivity contribution in [3.8, 4) is 16.9 Å². The van der Waals surface area contributed by atoms with Gasteiger partial charge in [0, 0.05) is 11.8 Å². The molecule has 0 aliphatic heterocycles. The fourth-order valence-electron chi connectivity index (χ4n) is 1.33. The van der Waals surface area contributed by atoms with Crippen LogP contribution in [0.15, 0.2) is 36.8 Å². The van der Waals surface area contributed by atoms with Crippen molar-refractivity contribution in [1.82, 2.24) is 9.97 Å². The van der Waals surface area contributed by atoms with Crippen LogP contribution in [-0.4, -0.2) is 17.1 Å². The largest absolute Gasteiger partial charge is 0.497 e. The fourth-order valence-corrected chi connectivity index (χ4v) is 1.33. The van der Waals surface area contributed by atoms with Gasteiger partial charge in [0.05, 0.1) is 7.11 Å². The third-order valence-corrected chi connectivity index (χ3v) is 2.14. The topological polar surface area (TPSA) is 61.0 Å². The first-order valence-electron chi connectivity index (χ1n) is 4.51. The van der Waals surface area contributed by atoms with E-state index in [0.29, 0.717) is 5.82 Å². The summed E-state index contributed by atoms with van der Waals surface area (Å²) >= 11 is 0. The van der Waals surface area contributed by atoms with Gasteiger partial charge in [0.2, 0.25) is 0 Å². The van der Waals surface area contributed by atoms with Crippen LogP contribution in [0.2, 0.25) is 0 Å². The third-order valence-electron chi connectivity index (χ3n) is 2.14. The Morgan fingerprint density at radius 3 is 2.53 bits per heavy atom. The van der Waals surface area contributed by atoms with Crippen LogP contribution < -0.4 is 10.5 Å². The van der Waals surface area contributed by atoms with Crippen LogP contribution in [0.3, 0.4) is 0 Å². The molecule has 0 amide bonds. The quantitative estimate of drug-likeness (QED) is 0.803. The fraction of sp³-hybridized carbons (Fsp3) is 0.0909. The first-order valence-corrected chi connectivity index (χ1v) is 4.51. The summed E-state index contributed by atoms with van der Waals surface area (Å²) in [6.07, 6.45) is 3.13. The van der Waals surface area contributed by atoms with Crippen LogP contribution >= 0.6 is 0 Å². The van der Waals surface area contributed by atoms with E-state index in [2.05, 4.69) is 9.97 Å². The molecule has 4 nitrogen and oxygen atoms in total. The predicted molar refractivity (Wildman–Crippen MR) is 58.4 cm³/mol. The average molecular weight is 201 g/mol. The van der Waals surface area contributed by atoms with E-state index < -0.39 is 0 Å². The lowest BCUT2D eigenvalue weighted by Crippen LogP contribution is -1.94. The van der Waals surface area contributed by atoms with Gasteiger partial charge in [-0.1, -0.05) is 12.1 Å². The zero-order chi connectivity index (χ0) is 10.7. The minimum Gasteiger partial charge on any atom is -0.497 e. The Morgan fingerprint density at radius 1 is 1.20 bits per heavy atom. The number of nitrogens with two attached hydrogens (primary N) is 1. The number of hydrogen-bond acceptors (Lipinski definition) is 4. The summed E-state index contributed by atoms with van der Waals surface area (Å²) < 4.78 is 5.07. The molecule has 0 radical (unpaired) electrons. The second kappa shape index (κ2) is 3.96. The molecule has 15 heavy (non-hydrogen) atoms. The average Bonchev–Trinajstić information content (AvgIpc) is 2.30. The smallest absolute Gasteiger partial charge is 0.134 e. The first-order chi connectivity index (χ1) is 7.31. The van der Waals surface area contributed by atoms with Crippen molar-refractivity contribution in [3.63, 3.8) is 0 Å². The van der Waals surface area contributed by atoms with Crippen molar-refractivity contribution in [2.24, 2.45) is 0 Å². The molecule has 2 rings (SSSR count). The van der Waals surface area contributed by atoms with Crippen molar-refractivity contribution >= 4 is 5.82 Å². The number of benzene rings is 1. The Kier molecular flexibility index (Phi) is 2.49. The molecule has 0 atom stereocenters. The highest BCUT2D eigenvalue weighted by atomic mass is 16.5. The van der Waals surface area contributed by atoms with Crippen LogP contribution in [0.5, 0.6) is 5.75 Å². The van der Waals surface area contributed by atoms with Crippen LogP contribution in [0.4, 0.5) is 5.82 Å². The van der Waals surface area contributed by atoms with Gasteiger partial charge in [0.1, 0.15) is 17.9 Å². The normalized spacial score (nSPS) is 9.93. The van der Waals surface area contributed by atoms with E-state index in [9.17, 15) is 0 Å². The number of ether oxygens (including phenoxy) is 1. The molecule has 1 heterocycles. The molecule has 0 spiro atoms. The Morgan fingerprint density at radius 2 is 1.93 bits per heavy atom. The van der Waals surface area contributed by atoms with Gasteiger partial charge >= 0.3 is 0 Å². The van der Waals surface area contributed by atoms with Crippen LogP contribution in [0.25, 0.3) is 11.1 Å². The highest BCUT2D eigenvalue weighted by Crippen LogP contribution is 2.24. The van der Waals surface area contributed by atoms with Gasteiger partial charge in [-0.25, -0.2) is 9.97 Å². The monoisotopic (exact) mass is 201 g/mol. The highest BCUT2D eigenvalue weighted by molar-refractivity contribution is 5.72. The molecule has 0 aliphatic rings. The molecular formula is C11H11N3O. The van der Waals surface area contributed by atoms with Gasteiger partial charge in [-0.05, 0) is 17.7 Å². The van der Waals surface area contributed by atoms with Gasteiger partial charge in [-0.3, -0.25) is 0 Å². The van der Waals surface area contributed by atoms with Crippen LogP contribution in [0.1, 0.15) is 0 Å². The van der Waals surface area contributed by atoms with E-state index in [0.717, 1.165) is 16.9 Å². The Labute approximate surface area is 87.7 Å². The molecule has 2 N–H and O–H groups in total. The highest BCUT2D eigenvalue weighted by Gasteiger charge is 2.02. The summed E-state index contributed by atoms with van der Waals surface area (Å²) in [5.41, 5.74) is 7.55. The maximum absolute atomic E-state index is 5.74. The molecular weight excluding hydrogens is 190 g/mol. The van der Waals surface area contributed by atoms with E-state index >= 15 is 0 Å². The van der Waals surface area contributed by atoms with Gasteiger partial charge in [-0.15, -0.1) is 0 Å². The molecule has 4 heteroatoms. The lowest BCUT2D eigenvalue weighted by molar-refractivity contribution is 0.415. The number of rotatable bonds is 2. The minimum atomic E-state index is 0.482. The molecule has 0 aliphatic carbocycles. The number of aromatic nitrogens is 2. The number of nitrogen functional groups attached to an aromatic ring is 1. The molecule has 0 saturated heterocycles. The van der Waals surface area contributed by atoms with E-state index in [1.54, 1.807) is 13.3 Å². The van der Waals surface area contributed by atoms with Gasteiger partial charge in [0.25, 0.3) is 0 Å². The molecule has 1 aromatic heterocycles. The summed E-state index contributed by atoms with van der Waals surface area (Å²) in [5.74, 6) is 1.30. The predicted octanol–water partition coefficient (Wildman–Crippen LogP) is 1.73. The van der Waals surface area contributed by atoms with Gasteiger partial charge in [0.15, 0.2) is 0 Å². The Bertz CT molecular complexity index is 454. The van der Waals surface area contributed by atoms with Gasteiger partial charge in [-0.2, -0.15) is 0 Å².